The lowest BCUT2D eigenvalue weighted by Crippen LogP contribution is -1.86. The Hall–Kier alpha value is -3.00. The average Bonchev–Trinajstić information content (AvgIpc) is 2.56. The highest BCUT2D eigenvalue weighted by atomic mass is 16.3. The third-order valence-electron chi connectivity index (χ3n) is 4.09. The number of fused-ring (bicyclic) bond motifs is 2. The lowest BCUT2D eigenvalue weighted by Gasteiger charge is -2.12. The molecule has 0 unspecified atom stereocenters. The summed E-state index contributed by atoms with van der Waals surface area (Å²) in [6, 6.07) is 23.3. The van der Waals surface area contributed by atoms with Gasteiger partial charge >= 0.3 is 0 Å². The largest absolute Gasteiger partial charge is 0.593 e. The monoisotopic (exact) mass is 287 g/mol. The van der Waals surface area contributed by atoms with E-state index in [1.165, 1.54) is 0 Å². The normalized spacial score (nSPS) is 11.1. The summed E-state index contributed by atoms with van der Waals surface area (Å²) < 4.78 is 0. The summed E-state index contributed by atoms with van der Waals surface area (Å²) in [5.41, 5.74) is 1.52. The molecule has 0 aliphatic carbocycles. The van der Waals surface area contributed by atoms with E-state index in [9.17, 15) is 5.11 Å². The van der Waals surface area contributed by atoms with Gasteiger partial charge in [0.1, 0.15) is 5.75 Å². The SMILES string of the molecule is Oc1ccc2ccccc2c1-c1c([OH2+])ccc2ccccc12. The first-order valence-corrected chi connectivity index (χ1v) is 7.20. The van der Waals surface area contributed by atoms with Crippen LogP contribution in [0.25, 0.3) is 32.7 Å². The molecular formula is C20H15O2+. The summed E-state index contributed by atoms with van der Waals surface area (Å²) in [5.74, 6) is 0.633. The molecule has 4 aromatic rings. The van der Waals surface area contributed by atoms with Crippen molar-refractivity contribution in [3.8, 4) is 22.6 Å². The number of hydrogen-bond donors (Lipinski definition) is 1. The van der Waals surface area contributed by atoms with Gasteiger partial charge in [0, 0.05) is 11.6 Å². The Morgan fingerprint density at radius 3 is 1.82 bits per heavy atom. The van der Waals surface area contributed by atoms with Crippen molar-refractivity contribution in [3.63, 3.8) is 0 Å². The van der Waals surface area contributed by atoms with E-state index in [4.69, 9.17) is 5.11 Å². The second kappa shape index (κ2) is 4.78. The Balaban J connectivity index is 2.21. The average molecular weight is 287 g/mol. The van der Waals surface area contributed by atoms with Crippen molar-refractivity contribution in [1.82, 2.24) is 0 Å². The zero-order valence-corrected chi connectivity index (χ0v) is 11.9. The number of aromatic hydroxyl groups is 1. The first-order chi connectivity index (χ1) is 10.8. The van der Waals surface area contributed by atoms with Crippen LogP contribution in [0.1, 0.15) is 0 Å². The maximum Gasteiger partial charge on any atom is 0.262 e. The maximum atomic E-state index is 10.5. The number of phenolic OH excluding ortho intramolecular Hbond substituents is 1. The van der Waals surface area contributed by atoms with Crippen LogP contribution in [0, 0.1) is 0 Å². The summed E-state index contributed by atoms with van der Waals surface area (Å²) in [7, 11) is 0. The van der Waals surface area contributed by atoms with Crippen molar-refractivity contribution in [2.24, 2.45) is 0 Å². The maximum absolute atomic E-state index is 10.5. The number of benzene rings is 4. The molecular weight excluding hydrogens is 272 g/mol. The summed E-state index contributed by atoms with van der Waals surface area (Å²) in [4.78, 5) is 0. The lowest BCUT2D eigenvalue weighted by molar-refractivity contribution is 0.470. The van der Waals surface area contributed by atoms with E-state index in [1.807, 2.05) is 60.7 Å². The van der Waals surface area contributed by atoms with Gasteiger partial charge in [0.15, 0.2) is 0 Å². The minimum absolute atomic E-state index is 0.212. The van der Waals surface area contributed by atoms with Crippen molar-refractivity contribution in [1.29, 1.82) is 0 Å². The van der Waals surface area contributed by atoms with Gasteiger partial charge in [0.25, 0.3) is 5.75 Å². The van der Waals surface area contributed by atoms with Crippen molar-refractivity contribution in [2.45, 2.75) is 0 Å². The van der Waals surface area contributed by atoms with E-state index in [2.05, 4.69) is 0 Å². The van der Waals surface area contributed by atoms with Gasteiger partial charge in [0.2, 0.25) is 0 Å². The van der Waals surface area contributed by atoms with Crippen LogP contribution in [-0.4, -0.2) is 10.2 Å². The molecule has 2 nitrogen and oxygen atoms in total. The third kappa shape index (κ3) is 1.81. The van der Waals surface area contributed by atoms with Crippen molar-refractivity contribution >= 4 is 21.5 Å². The van der Waals surface area contributed by atoms with Crippen LogP contribution in [0.4, 0.5) is 0 Å². The molecule has 0 aliphatic heterocycles. The fourth-order valence-electron chi connectivity index (χ4n) is 3.06. The predicted octanol–water partition coefficient (Wildman–Crippen LogP) is 4.80. The smallest absolute Gasteiger partial charge is 0.262 e. The Labute approximate surface area is 127 Å². The van der Waals surface area contributed by atoms with E-state index in [-0.39, 0.29) is 5.75 Å². The zero-order chi connectivity index (χ0) is 15.1. The van der Waals surface area contributed by atoms with Gasteiger partial charge in [-0.25, -0.2) is 0 Å². The quantitative estimate of drug-likeness (QED) is 0.502. The van der Waals surface area contributed by atoms with E-state index in [0.717, 1.165) is 32.7 Å². The molecule has 0 aromatic heterocycles. The van der Waals surface area contributed by atoms with Gasteiger partial charge in [-0.2, -0.15) is 0 Å². The Morgan fingerprint density at radius 1 is 0.591 bits per heavy atom. The zero-order valence-electron chi connectivity index (χ0n) is 11.9. The predicted molar refractivity (Wildman–Crippen MR) is 91.6 cm³/mol. The van der Waals surface area contributed by atoms with Crippen LogP contribution in [0.5, 0.6) is 11.5 Å². The molecule has 22 heavy (non-hydrogen) atoms. The van der Waals surface area contributed by atoms with Crippen molar-refractivity contribution < 1.29 is 10.2 Å². The van der Waals surface area contributed by atoms with E-state index in [1.54, 1.807) is 12.1 Å². The minimum atomic E-state index is 0.212. The highest BCUT2D eigenvalue weighted by Crippen LogP contribution is 2.44. The van der Waals surface area contributed by atoms with Crippen LogP contribution in [0.15, 0.2) is 72.8 Å². The van der Waals surface area contributed by atoms with E-state index in [0.29, 0.717) is 5.75 Å². The fraction of sp³-hybridized carbons (Fsp3) is 0. The molecule has 3 N–H and O–H groups in total. The van der Waals surface area contributed by atoms with Gasteiger partial charge < -0.3 is 10.2 Å². The summed E-state index contributed by atoms with van der Waals surface area (Å²) in [5, 5.41) is 22.9. The summed E-state index contributed by atoms with van der Waals surface area (Å²) in [6.07, 6.45) is 0. The molecule has 0 aliphatic rings. The van der Waals surface area contributed by atoms with Crippen LogP contribution < -0.4 is 0 Å². The van der Waals surface area contributed by atoms with E-state index >= 15 is 0 Å². The van der Waals surface area contributed by atoms with Gasteiger partial charge in [-0.1, -0.05) is 54.6 Å². The third-order valence-corrected chi connectivity index (χ3v) is 4.09. The van der Waals surface area contributed by atoms with Crippen LogP contribution in [-0.2, 0) is 0 Å². The molecule has 0 fully saturated rings. The molecule has 0 bridgehead atoms. The summed E-state index contributed by atoms with van der Waals surface area (Å²) >= 11 is 0. The molecule has 0 spiro atoms. The first-order valence-electron chi connectivity index (χ1n) is 7.20. The number of phenols is 1. The standard InChI is InChI=1S/C20H14O2/c21-17-11-9-13-5-1-3-7-15(13)19(17)20-16-8-4-2-6-14(16)10-12-18(20)22/h1-12,21-22H/p+1. The van der Waals surface area contributed by atoms with Crippen molar-refractivity contribution in [2.75, 3.05) is 0 Å². The molecule has 0 atom stereocenters. The lowest BCUT2D eigenvalue weighted by atomic mass is 9.92. The van der Waals surface area contributed by atoms with Gasteiger partial charge in [-0.05, 0) is 33.7 Å². The topological polar surface area (TPSA) is 43.1 Å². The molecule has 0 saturated heterocycles. The number of rotatable bonds is 1. The molecule has 0 saturated carbocycles. The molecule has 0 amide bonds. The minimum Gasteiger partial charge on any atom is -0.593 e. The van der Waals surface area contributed by atoms with Crippen molar-refractivity contribution in [3.05, 3.63) is 72.8 Å². The molecule has 2 heteroatoms. The van der Waals surface area contributed by atoms with Crippen LogP contribution >= 0.6 is 0 Å². The first kappa shape index (κ1) is 12.7. The molecule has 106 valence electrons. The Bertz CT molecular complexity index is 920. The Kier molecular flexibility index (Phi) is 2.76. The molecule has 4 aromatic carbocycles. The van der Waals surface area contributed by atoms with Gasteiger partial charge in [-0.3, -0.25) is 0 Å². The fourth-order valence-corrected chi connectivity index (χ4v) is 3.06. The van der Waals surface area contributed by atoms with Gasteiger partial charge in [-0.15, -0.1) is 0 Å². The van der Waals surface area contributed by atoms with E-state index < -0.39 is 0 Å². The van der Waals surface area contributed by atoms with Crippen LogP contribution in [0.2, 0.25) is 0 Å². The second-order valence-electron chi connectivity index (χ2n) is 5.39. The highest BCUT2D eigenvalue weighted by Gasteiger charge is 2.18. The second-order valence-corrected chi connectivity index (χ2v) is 5.39. The summed E-state index contributed by atoms with van der Waals surface area (Å²) in [6.45, 7) is 0. The highest BCUT2D eigenvalue weighted by molar-refractivity contribution is 6.09. The molecule has 0 heterocycles. The van der Waals surface area contributed by atoms with Crippen LogP contribution in [0.3, 0.4) is 0 Å². The Morgan fingerprint density at radius 2 is 1.14 bits per heavy atom. The number of hydrogen-bond acceptors (Lipinski definition) is 1. The molecule has 0 radical (unpaired) electrons. The molecule has 4 rings (SSSR count). The van der Waals surface area contributed by atoms with Gasteiger partial charge in [0.05, 0.1) is 5.56 Å².